The first kappa shape index (κ1) is 21.0. The number of carbonyl (C=O) groups is 2. The number of nitrogens with one attached hydrogen (secondary N) is 2. The molecule has 0 heterocycles. The summed E-state index contributed by atoms with van der Waals surface area (Å²) in [5, 5.41) is 6.17. The number of halogens is 1. The molecule has 2 amide bonds. The summed E-state index contributed by atoms with van der Waals surface area (Å²) in [5.41, 5.74) is 1.87. The van der Waals surface area contributed by atoms with Gasteiger partial charge in [0.05, 0.1) is 16.6 Å². The normalized spacial score (nSPS) is 13.1. The minimum absolute atomic E-state index is 0.0269. The molecule has 0 aliphatic rings. The summed E-state index contributed by atoms with van der Waals surface area (Å²) in [4.78, 5) is 25.3. The number of amides is 2. The van der Waals surface area contributed by atoms with Crippen LogP contribution in [0.2, 0.25) is 5.02 Å². The quantitative estimate of drug-likeness (QED) is 0.683. The van der Waals surface area contributed by atoms with Crippen LogP contribution in [0.25, 0.3) is 0 Å². The maximum atomic E-state index is 13.1. The average molecular weight is 387 g/mol. The van der Waals surface area contributed by atoms with Crippen LogP contribution >= 0.6 is 11.6 Å². The molecule has 0 saturated carbocycles. The summed E-state index contributed by atoms with van der Waals surface area (Å²) in [7, 11) is 0. The first-order valence-electron chi connectivity index (χ1n) is 9.29. The van der Waals surface area contributed by atoms with Crippen LogP contribution in [-0.2, 0) is 4.79 Å². The second-order valence-corrected chi connectivity index (χ2v) is 7.49. The van der Waals surface area contributed by atoms with Crippen molar-refractivity contribution in [3.05, 3.63) is 64.7 Å². The molecule has 0 spiro atoms. The maximum absolute atomic E-state index is 13.1. The van der Waals surface area contributed by atoms with Crippen LogP contribution < -0.4 is 10.6 Å². The molecule has 0 radical (unpaired) electrons. The van der Waals surface area contributed by atoms with Gasteiger partial charge in [0.15, 0.2) is 0 Å². The van der Waals surface area contributed by atoms with E-state index in [0.29, 0.717) is 16.3 Å². The summed E-state index contributed by atoms with van der Waals surface area (Å²) < 4.78 is 0. The van der Waals surface area contributed by atoms with Crippen molar-refractivity contribution in [2.75, 3.05) is 5.32 Å². The third-order valence-corrected chi connectivity index (χ3v) is 4.89. The monoisotopic (exact) mass is 386 g/mol. The highest BCUT2D eigenvalue weighted by molar-refractivity contribution is 6.34. The van der Waals surface area contributed by atoms with E-state index in [4.69, 9.17) is 11.6 Å². The Bertz CT molecular complexity index is 790. The lowest BCUT2D eigenvalue weighted by molar-refractivity contribution is -0.118. The Hall–Kier alpha value is -2.33. The van der Waals surface area contributed by atoms with Gasteiger partial charge in [-0.25, -0.2) is 0 Å². The fourth-order valence-electron chi connectivity index (χ4n) is 2.95. The molecule has 2 rings (SSSR count). The van der Waals surface area contributed by atoms with E-state index >= 15 is 0 Å². The lowest BCUT2D eigenvalue weighted by atomic mass is 9.85. The van der Waals surface area contributed by atoms with Crippen molar-refractivity contribution in [1.29, 1.82) is 0 Å². The molecule has 2 N–H and O–H groups in total. The highest BCUT2D eigenvalue weighted by Crippen LogP contribution is 2.30. The number of rotatable bonds is 7. The number of carbonyl (C=O) groups excluding carboxylic acids is 2. The maximum Gasteiger partial charge on any atom is 0.251 e. The Labute approximate surface area is 166 Å². The first-order valence-corrected chi connectivity index (χ1v) is 9.67. The van der Waals surface area contributed by atoms with Crippen LogP contribution in [0.15, 0.2) is 48.5 Å². The third-order valence-electron chi connectivity index (χ3n) is 4.56. The van der Waals surface area contributed by atoms with E-state index < -0.39 is 0 Å². The highest BCUT2D eigenvalue weighted by Gasteiger charge is 2.26. The SMILES string of the molecule is CCC(C)C(C(=O)Nc1cc(C(=O)NC(C)C)ccc1Cl)c1ccccc1. The van der Waals surface area contributed by atoms with Crippen molar-refractivity contribution < 1.29 is 9.59 Å². The second kappa shape index (κ2) is 9.56. The van der Waals surface area contributed by atoms with Gasteiger partial charge in [0.1, 0.15) is 0 Å². The molecule has 2 unspecified atom stereocenters. The summed E-state index contributed by atoms with van der Waals surface area (Å²) >= 11 is 6.27. The fourth-order valence-corrected chi connectivity index (χ4v) is 3.12. The molecule has 0 saturated heterocycles. The lowest BCUT2D eigenvalue weighted by Crippen LogP contribution is -2.30. The molecule has 0 bridgehead atoms. The van der Waals surface area contributed by atoms with Crippen LogP contribution in [0, 0.1) is 5.92 Å². The van der Waals surface area contributed by atoms with Gasteiger partial charge in [0, 0.05) is 11.6 Å². The van der Waals surface area contributed by atoms with Crippen molar-refractivity contribution in [2.45, 2.75) is 46.1 Å². The zero-order chi connectivity index (χ0) is 20.0. The smallest absolute Gasteiger partial charge is 0.251 e. The second-order valence-electron chi connectivity index (χ2n) is 7.09. The van der Waals surface area contributed by atoms with Gasteiger partial charge in [0.2, 0.25) is 5.91 Å². The molecule has 4 nitrogen and oxygen atoms in total. The van der Waals surface area contributed by atoms with Crippen molar-refractivity contribution in [3.63, 3.8) is 0 Å². The van der Waals surface area contributed by atoms with Crippen LogP contribution in [-0.4, -0.2) is 17.9 Å². The van der Waals surface area contributed by atoms with E-state index in [1.807, 2.05) is 44.2 Å². The average Bonchev–Trinajstić information content (AvgIpc) is 2.63. The molecule has 2 aromatic rings. The number of anilines is 1. The molecular formula is C22H27ClN2O2. The molecule has 0 aromatic heterocycles. The van der Waals surface area contributed by atoms with E-state index in [1.54, 1.807) is 18.2 Å². The van der Waals surface area contributed by atoms with Crippen molar-refractivity contribution in [3.8, 4) is 0 Å². The fraction of sp³-hybridized carbons (Fsp3) is 0.364. The van der Waals surface area contributed by atoms with Crippen molar-refractivity contribution in [2.24, 2.45) is 5.92 Å². The topological polar surface area (TPSA) is 58.2 Å². The molecule has 2 atom stereocenters. The standard InChI is InChI=1S/C22H27ClN2O2/c1-5-15(4)20(16-9-7-6-8-10-16)22(27)25-19-13-17(11-12-18(19)23)21(26)24-14(2)3/h6-15,20H,5H2,1-4H3,(H,24,26)(H,25,27). The molecule has 5 heteroatoms. The third kappa shape index (κ3) is 5.57. The molecule has 0 aliphatic heterocycles. The Morgan fingerprint density at radius 1 is 1.04 bits per heavy atom. The van der Waals surface area contributed by atoms with Gasteiger partial charge in [-0.1, -0.05) is 62.2 Å². The number of benzene rings is 2. The largest absolute Gasteiger partial charge is 0.350 e. The molecule has 144 valence electrons. The lowest BCUT2D eigenvalue weighted by Gasteiger charge is -2.23. The van der Waals surface area contributed by atoms with E-state index in [-0.39, 0.29) is 29.7 Å². The van der Waals surface area contributed by atoms with Gasteiger partial charge in [-0.05, 0) is 43.5 Å². The van der Waals surface area contributed by atoms with Crippen LogP contribution in [0.1, 0.15) is 56.0 Å². The van der Waals surface area contributed by atoms with E-state index in [9.17, 15) is 9.59 Å². The van der Waals surface area contributed by atoms with Gasteiger partial charge in [0.25, 0.3) is 5.91 Å². The summed E-state index contributed by atoms with van der Waals surface area (Å²) in [6, 6.07) is 14.7. The predicted molar refractivity (Wildman–Crippen MR) is 111 cm³/mol. The zero-order valence-corrected chi connectivity index (χ0v) is 17.0. The molecular weight excluding hydrogens is 360 g/mol. The van der Waals surface area contributed by atoms with Gasteiger partial charge in [-0.2, -0.15) is 0 Å². The summed E-state index contributed by atoms with van der Waals surface area (Å²) in [6.45, 7) is 7.92. The van der Waals surface area contributed by atoms with Crippen molar-refractivity contribution >= 4 is 29.1 Å². The first-order chi connectivity index (χ1) is 12.8. The van der Waals surface area contributed by atoms with Gasteiger partial charge < -0.3 is 10.6 Å². The summed E-state index contributed by atoms with van der Waals surface area (Å²) in [6.07, 6.45) is 0.873. The molecule has 0 aliphatic carbocycles. The van der Waals surface area contributed by atoms with Gasteiger partial charge in [-0.3, -0.25) is 9.59 Å². The Balaban J connectivity index is 2.28. The van der Waals surface area contributed by atoms with Crippen LogP contribution in [0.4, 0.5) is 5.69 Å². The Morgan fingerprint density at radius 3 is 2.30 bits per heavy atom. The molecule has 2 aromatic carbocycles. The van der Waals surface area contributed by atoms with E-state index in [0.717, 1.165) is 12.0 Å². The Morgan fingerprint density at radius 2 is 1.70 bits per heavy atom. The van der Waals surface area contributed by atoms with E-state index in [1.165, 1.54) is 0 Å². The minimum atomic E-state index is -0.291. The molecule has 0 fully saturated rings. The van der Waals surface area contributed by atoms with Gasteiger partial charge >= 0.3 is 0 Å². The number of hydrogen-bond acceptors (Lipinski definition) is 2. The molecule has 27 heavy (non-hydrogen) atoms. The zero-order valence-electron chi connectivity index (χ0n) is 16.3. The Kier molecular flexibility index (Phi) is 7.43. The number of hydrogen-bond donors (Lipinski definition) is 2. The van der Waals surface area contributed by atoms with Crippen molar-refractivity contribution in [1.82, 2.24) is 5.32 Å². The van der Waals surface area contributed by atoms with Crippen LogP contribution in [0.3, 0.4) is 0 Å². The van der Waals surface area contributed by atoms with Gasteiger partial charge in [-0.15, -0.1) is 0 Å². The van der Waals surface area contributed by atoms with Crippen LogP contribution in [0.5, 0.6) is 0 Å². The summed E-state index contributed by atoms with van der Waals surface area (Å²) in [5.74, 6) is -0.448. The predicted octanol–water partition coefficient (Wildman–Crippen LogP) is 5.25. The van der Waals surface area contributed by atoms with E-state index in [2.05, 4.69) is 24.5 Å². The highest BCUT2D eigenvalue weighted by atomic mass is 35.5. The minimum Gasteiger partial charge on any atom is -0.350 e.